The van der Waals surface area contributed by atoms with E-state index in [-0.39, 0.29) is 37.4 Å². The lowest BCUT2D eigenvalue weighted by Crippen LogP contribution is -2.39. The van der Waals surface area contributed by atoms with Gasteiger partial charge in [-0.05, 0) is 37.7 Å². The Morgan fingerprint density at radius 3 is 2.50 bits per heavy atom. The minimum absolute atomic E-state index is 0.0215. The molecule has 4 rings (SSSR count). The molecule has 0 bridgehead atoms. The monoisotopic (exact) mass is 485 g/mol. The van der Waals surface area contributed by atoms with Crippen LogP contribution >= 0.6 is 0 Å². The summed E-state index contributed by atoms with van der Waals surface area (Å²) in [6.45, 7) is -0.335. The molecule has 0 aromatic carbocycles. The Morgan fingerprint density at radius 2 is 1.88 bits per heavy atom. The molecular weight excluding hydrogens is 454 g/mol. The molecule has 0 spiro atoms. The number of aliphatic hydroxyl groups excluding tert-OH is 1. The Balaban J connectivity index is 1.37. The zero-order chi connectivity index (χ0) is 23.1. The lowest BCUT2D eigenvalue weighted by atomic mass is 9.86. The third-order valence-electron chi connectivity index (χ3n) is 7.00. The largest absolute Gasteiger partial charge is 0.396 e. The van der Waals surface area contributed by atoms with Crippen LogP contribution in [-0.2, 0) is 19.9 Å². The number of aliphatic hydroxyl groups is 1. The van der Waals surface area contributed by atoms with E-state index in [0.29, 0.717) is 0 Å². The van der Waals surface area contributed by atoms with E-state index in [1.165, 1.54) is 4.31 Å². The van der Waals surface area contributed by atoms with E-state index in [4.69, 9.17) is 0 Å². The van der Waals surface area contributed by atoms with Gasteiger partial charge in [-0.3, -0.25) is 0 Å². The fourth-order valence-corrected chi connectivity index (χ4v) is 8.47. The SMILES string of the molecule is CN(c1ncnc2[nH]ccc12)[C@H]1CC[C@H](CS(=O)(=O)N2C[C@H](CO)[C@H](S(C)(=O)=O)C2)CC1. The molecule has 2 fully saturated rings. The van der Waals surface area contributed by atoms with Gasteiger partial charge in [0.2, 0.25) is 10.0 Å². The van der Waals surface area contributed by atoms with Gasteiger partial charge in [0, 0.05) is 51.2 Å². The summed E-state index contributed by atoms with van der Waals surface area (Å²) >= 11 is 0. The van der Waals surface area contributed by atoms with Crippen molar-refractivity contribution in [2.45, 2.75) is 37.0 Å². The molecule has 32 heavy (non-hydrogen) atoms. The van der Waals surface area contributed by atoms with Crippen molar-refractivity contribution in [2.24, 2.45) is 11.8 Å². The van der Waals surface area contributed by atoms with E-state index in [2.05, 4.69) is 19.9 Å². The second-order valence-electron chi connectivity index (χ2n) is 9.13. The Labute approximate surface area is 189 Å². The Bertz CT molecular complexity index is 1160. The summed E-state index contributed by atoms with van der Waals surface area (Å²) in [5.74, 6) is 0.355. The highest BCUT2D eigenvalue weighted by molar-refractivity contribution is 7.91. The first-order chi connectivity index (χ1) is 15.1. The molecule has 1 aliphatic carbocycles. The number of sulfonamides is 1. The van der Waals surface area contributed by atoms with Crippen molar-refractivity contribution in [3.63, 3.8) is 0 Å². The molecule has 1 aliphatic heterocycles. The van der Waals surface area contributed by atoms with Crippen molar-refractivity contribution in [1.82, 2.24) is 19.3 Å². The van der Waals surface area contributed by atoms with Crippen LogP contribution in [0.1, 0.15) is 25.7 Å². The molecule has 0 amide bonds. The average molecular weight is 486 g/mol. The number of rotatable bonds is 7. The average Bonchev–Trinajstić information content (AvgIpc) is 3.40. The van der Waals surface area contributed by atoms with Crippen LogP contribution in [0.5, 0.6) is 0 Å². The lowest BCUT2D eigenvalue weighted by molar-refractivity contribution is 0.233. The summed E-state index contributed by atoms with van der Waals surface area (Å²) in [6, 6.07) is 2.22. The molecule has 1 saturated carbocycles. The van der Waals surface area contributed by atoms with E-state index in [1.807, 2.05) is 19.3 Å². The fourth-order valence-electron chi connectivity index (χ4n) is 5.11. The number of hydrogen-bond acceptors (Lipinski definition) is 8. The molecule has 1 saturated heterocycles. The number of H-pyrrole nitrogens is 1. The number of sulfone groups is 1. The number of nitrogens with one attached hydrogen (secondary N) is 1. The topological polar surface area (TPSA) is 137 Å². The van der Waals surface area contributed by atoms with Crippen molar-refractivity contribution in [3.8, 4) is 0 Å². The minimum Gasteiger partial charge on any atom is -0.396 e. The third-order valence-corrected chi connectivity index (χ3v) is 10.6. The van der Waals surface area contributed by atoms with Crippen molar-refractivity contribution in [1.29, 1.82) is 0 Å². The fraction of sp³-hybridized carbons (Fsp3) is 0.700. The molecule has 178 valence electrons. The van der Waals surface area contributed by atoms with Crippen LogP contribution < -0.4 is 4.90 Å². The molecule has 12 heteroatoms. The Kier molecular flexibility index (Phi) is 6.49. The zero-order valence-electron chi connectivity index (χ0n) is 18.4. The van der Waals surface area contributed by atoms with Crippen LogP contribution in [0.2, 0.25) is 0 Å². The molecule has 2 N–H and O–H groups in total. The number of aromatic nitrogens is 3. The van der Waals surface area contributed by atoms with Gasteiger partial charge >= 0.3 is 0 Å². The van der Waals surface area contributed by atoms with E-state index in [1.54, 1.807) is 6.33 Å². The van der Waals surface area contributed by atoms with Crippen molar-refractivity contribution in [3.05, 3.63) is 18.6 Å². The maximum absolute atomic E-state index is 13.0. The van der Waals surface area contributed by atoms with E-state index >= 15 is 0 Å². The van der Waals surface area contributed by atoms with Gasteiger partial charge < -0.3 is 15.0 Å². The van der Waals surface area contributed by atoms with Gasteiger partial charge in [0.1, 0.15) is 17.8 Å². The summed E-state index contributed by atoms with van der Waals surface area (Å²) in [5.41, 5.74) is 0.792. The van der Waals surface area contributed by atoms with Crippen molar-refractivity contribution < 1.29 is 21.9 Å². The van der Waals surface area contributed by atoms with Crippen LogP contribution in [0.3, 0.4) is 0 Å². The number of hydrogen-bond donors (Lipinski definition) is 2. The van der Waals surface area contributed by atoms with Gasteiger partial charge in [0.15, 0.2) is 9.84 Å². The summed E-state index contributed by atoms with van der Waals surface area (Å²) < 4.78 is 51.3. The molecule has 2 aromatic rings. The second-order valence-corrected chi connectivity index (χ2v) is 13.4. The quantitative estimate of drug-likeness (QED) is 0.582. The van der Waals surface area contributed by atoms with Crippen LogP contribution in [-0.4, -0.2) is 91.2 Å². The molecule has 2 aliphatic rings. The van der Waals surface area contributed by atoms with E-state index < -0.39 is 31.0 Å². The number of fused-ring (bicyclic) bond motifs is 1. The van der Waals surface area contributed by atoms with Gasteiger partial charge in [0.25, 0.3) is 0 Å². The number of aromatic amines is 1. The molecule has 0 unspecified atom stereocenters. The van der Waals surface area contributed by atoms with Gasteiger partial charge in [-0.2, -0.15) is 0 Å². The molecule has 2 aromatic heterocycles. The van der Waals surface area contributed by atoms with Crippen molar-refractivity contribution in [2.75, 3.05) is 43.7 Å². The summed E-state index contributed by atoms with van der Waals surface area (Å²) in [6.07, 6.45) is 7.77. The normalized spacial score (nSPS) is 27.7. The predicted molar refractivity (Wildman–Crippen MR) is 123 cm³/mol. The molecule has 3 heterocycles. The lowest BCUT2D eigenvalue weighted by Gasteiger charge is -2.35. The second kappa shape index (κ2) is 8.88. The van der Waals surface area contributed by atoms with Gasteiger partial charge in [-0.1, -0.05) is 0 Å². The highest BCUT2D eigenvalue weighted by Crippen LogP contribution is 2.33. The summed E-state index contributed by atoms with van der Waals surface area (Å²) in [5, 5.41) is 9.65. The van der Waals surface area contributed by atoms with E-state index in [0.717, 1.165) is 48.8 Å². The number of anilines is 1. The third kappa shape index (κ3) is 4.63. The van der Waals surface area contributed by atoms with E-state index in [9.17, 15) is 21.9 Å². The van der Waals surface area contributed by atoms with Gasteiger partial charge in [-0.15, -0.1) is 0 Å². The molecule has 10 nitrogen and oxygen atoms in total. The zero-order valence-corrected chi connectivity index (χ0v) is 20.0. The highest BCUT2D eigenvalue weighted by atomic mass is 32.2. The predicted octanol–water partition coefficient (Wildman–Crippen LogP) is 0.620. The first kappa shape index (κ1) is 23.4. The summed E-state index contributed by atoms with van der Waals surface area (Å²) in [7, 11) is -5.00. The Hall–Kier alpha value is -1.76. The molecule has 2 atom stereocenters. The first-order valence-electron chi connectivity index (χ1n) is 10.9. The Morgan fingerprint density at radius 1 is 1.16 bits per heavy atom. The standard InChI is InChI=1S/C20H31N5O5S2/c1-24(20-17-7-8-21-19(17)22-13-23-20)16-5-3-14(4-6-16)12-32(29,30)25-9-15(11-26)18(10-25)31(2,27)28/h7-8,13-16,18,26H,3-6,9-12H2,1-2H3,(H,21,22,23)/t14-,15-,16-,18-/m1/s1. The van der Waals surface area contributed by atoms with Crippen LogP contribution in [0.15, 0.2) is 18.6 Å². The van der Waals surface area contributed by atoms with Crippen LogP contribution in [0, 0.1) is 11.8 Å². The van der Waals surface area contributed by atoms with Crippen molar-refractivity contribution >= 4 is 36.7 Å². The molecular formula is C20H31N5O5S2. The van der Waals surface area contributed by atoms with Gasteiger partial charge in [0.05, 0.1) is 16.4 Å². The summed E-state index contributed by atoms with van der Waals surface area (Å²) in [4.78, 5) is 13.9. The number of nitrogens with zero attached hydrogens (tertiary/aromatic N) is 4. The smallest absolute Gasteiger partial charge is 0.214 e. The minimum atomic E-state index is -3.59. The first-order valence-corrected chi connectivity index (χ1v) is 14.4. The van der Waals surface area contributed by atoms with Gasteiger partial charge in [-0.25, -0.2) is 31.1 Å². The highest BCUT2D eigenvalue weighted by Gasteiger charge is 2.44. The maximum Gasteiger partial charge on any atom is 0.214 e. The van der Waals surface area contributed by atoms with Crippen LogP contribution in [0.25, 0.3) is 11.0 Å². The van der Waals surface area contributed by atoms with Crippen LogP contribution in [0.4, 0.5) is 5.82 Å². The maximum atomic E-state index is 13.0. The molecule has 0 radical (unpaired) electrons.